The summed E-state index contributed by atoms with van der Waals surface area (Å²) in [4.78, 5) is 19.4. The molecule has 1 heterocycles. The lowest BCUT2D eigenvalue weighted by Gasteiger charge is -2.21. The number of hydrogen-bond donors (Lipinski definition) is 1. The Labute approximate surface area is 185 Å². The van der Waals surface area contributed by atoms with Gasteiger partial charge in [0.15, 0.2) is 5.13 Å². The van der Waals surface area contributed by atoms with Crippen LogP contribution in [0.2, 0.25) is 10.0 Å². The molecule has 0 radical (unpaired) electrons. The van der Waals surface area contributed by atoms with Crippen LogP contribution in [0.5, 0.6) is 0 Å². The molecule has 1 aromatic carbocycles. The molecule has 7 heteroatoms. The maximum absolute atomic E-state index is 11.2. The van der Waals surface area contributed by atoms with Gasteiger partial charge >= 0.3 is 5.97 Å². The summed E-state index contributed by atoms with van der Waals surface area (Å²) >= 11 is 14.0. The van der Waals surface area contributed by atoms with Gasteiger partial charge in [-0.15, -0.1) is 11.3 Å². The molecule has 1 N–H and O–H groups in total. The molecule has 0 atom stereocenters. The van der Waals surface area contributed by atoms with Crippen molar-refractivity contribution in [2.45, 2.75) is 33.1 Å². The number of aromatic nitrogens is 1. The first-order valence-electron chi connectivity index (χ1n) is 9.60. The molecule has 0 aliphatic heterocycles. The van der Waals surface area contributed by atoms with Crippen LogP contribution < -0.4 is 4.90 Å². The van der Waals surface area contributed by atoms with Crippen LogP contribution in [0.1, 0.15) is 31.6 Å². The number of hydrogen-bond acceptors (Lipinski definition) is 4. The Morgan fingerprint density at radius 1 is 1.31 bits per heavy atom. The summed E-state index contributed by atoms with van der Waals surface area (Å²) < 4.78 is 0. The zero-order valence-electron chi connectivity index (χ0n) is 16.5. The van der Waals surface area contributed by atoms with Crippen molar-refractivity contribution in [1.82, 2.24) is 4.98 Å². The quantitative estimate of drug-likeness (QED) is 0.474. The maximum atomic E-state index is 11.2. The van der Waals surface area contributed by atoms with E-state index in [9.17, 15) is 9.90 Å². The monoisotopic (exact) mass is 450 g/mol. The summed E-state index contributed by atoms with van der Waals surface area (Å²) in [5.41, 5.74) is 3.08. The molecule has 2 aromatic rings. The van der Waals surface area contributed by atoms with Crippen molar-refractivity contribution in [1.29, 1.82) is 0 Å². The third kappa shape index (κ3) is 5.84. The van der Waals surface area contributed by atoms with Gasteiger partial charge in [-0.3, -0.25) is 4.79 Å². The first kappa shape index (κ1) is 21.9. The standard InChI is InChI=1S/C22H24Cl2N2O2S/c1-14(2)11-19-21(16-7-8-17(23)18(24)12-16)25-22(29-19)26(10-9-20(27)28)13-15-5-3-4-6-15/h3-5,7-8,12,14H,6,9-11,13H2,1-2H3,(H,27,28). The lowest BCUT2D eigenvalue weighted by molar-refractivity contribution is -0.136. The summed E-state index contributed by atoms with van der Waals surface area (Å²) in [5.74, 6) is -0.337. The van der Waals surface area contributed by atoms with Crippen molar-refractivity contribution in [2.75, 3.05) is 18.0 Å². The molecule has 4 nitrogen and oxygen atoms in total. The largest absolute Gasteiger partial charge is 0.481 e. The van der Waals surface area contributed by atoms with E-state index < -0.39 is 5.97 Å². The Morgan fingerprint density at radius 2 is 2.10 bits per heavy atom. The second-order valence-corrected chi connectivity index (χ2v) is 9.39. The van der Waals surface area contributed by atoms with Crippen LogP contribution >= 0.6 is 34.5 Å². The van der Waals surface area contributed by atoms with E-state index in [-0.39, 0.29) is 6.42 Å². The summed E-state index contributed by atoms with van der Waals surface area (Å²) in [7, 11) is 0. The fraction of sp³-hybridized carbons (Fsp3) is 0.364. The summed E-state index contributed by atoms with van der Waals surface area (Å²) in [5, 5.41) is 11.0. The SMILES string of the molecule is CC(C)Cc1sc(N(CCC(=O)O)CC2=CC=CC2)nc1-c1ccc(Cl)c(Cl)c1. The van der Waals surface area contributed by atoms with Gasteiger partial charge in [-0.05, 0) is 36.5 Å². The Morgan fingerprint density at radius 3 is 2.72 bits per heavy atom. The minimum absolute atomic E-state index is 0.0713. The Kier molecular flexibility index (Phi) is 7.38. The molecular weight excluding hydrogens is 427 g/mol. The molecule has 0 spiro atoms. The molecule has 0 fully saturated rings. The summed E-state index contributed by atoms with van der Waals surface area (Å²) in [6.45, 7) is 5.45. The van der Waals surface area contributed by atoms with Gasteiger partial charge in [-0.2, -0.15) is 0 Å². The van der Waals surface area contributed by atoms with Gasteiger partial charge in [0.25, 0.3) is 0 Å². The van der Waals surface area contributed by atoms with E-state index in [2.05, 4.69) is 30.9 Å². The van der Waals surface area contributed by atoms with Crippen LogP contribution in [0.3, 0.4) is 0 Å². The molecule has 1 aliphatic rings. The minimum atomic E-state index is -0.808. The van der Waals surface area contributed by atoms with Crippen molar-refractivity contribution in [3.8, 4) is 11.3 Å². The van der Waals surface area contributed by atoms with Gasteiger partial charge in [-0.25, -0.2) is 4.98 Å². The second kappa shape index (κ2) is 9.79. The predicted molar refractivity (Wildman–Crippen MR) is 122 cm³/mol. The van der Waals surface area contributed by atoms with Gasteiger partial charge in [0, 0.05) is 23.5 Å². The van der Waals surface area contributed by atoms with Crippen LogP contribution in [0.25, 0.3) is 11.3 Å². The third-order valence-electron chi connectivity index (χ3n) is 4.58. The van der Waals surface area contributed by atoms with Crippen LogP contribution in [0.4, 0.5) is 5.13 Å². The van der Waals surface area contributed by atoms with E-state index in [1.165, 1.54) is 10.5 Å². The molecule has 0 saturated heterocycles. The number of nitrogens with zero attached hydrogens (tertiary/aromatic N) is 2. The molecule has 29 heavy (non-hydrogen) atoms. The van der Waals surface area contributed by atoms with Gasteiger partial charge in [-0.1, -0.05) is 61.3 Å². The van der Waals surface area contributed by atoms with Gasteiger partial charge < -0.3 is 10.0 Å². The number of benzene rings is 1. The Balaban J connectivity index is 1.97. The minimum Gasteiger partial charge on any atom is -0.481 e. The maximum Gasteiger partial charge on any atom is 0.305 e. The van der Waals surface area contributed by atoms with Crippen molar-refractivity contribution in [2.24, 2.45) is 5.92 Å². The molecule has 0 bridgehead atoms. The number of rotatable bonds is 9. The summed E-state index contributed by atoms with van der Waals surface area (Å²) in [6.07, 6.45) is 8.10. The lowest BCUT2D eigenvalue weighted by Crippen LogP contribution is -2.28. The van der Waals surface area contributed by atoms with Crippen LogP contribution in [-0.4, -0.2) is 29.1 Å². The van der Waals surface area contributed by atoms with E-state index in [1.807, 2.05) is 18.2 Å². The van der Waals surface area contributed by atoms with E-state index in [4.69, 9.17) is 28.2 Å². The highest BCUT2D eigenvalue weighted by Gasteiger charge is 2.20. The van der Waals surface area contributed by atoms with E-state index in [0.29, 0.717) is 29.1 Å². The zero-order chi connectivity index (χ0) is 21.0. The average Bonchev–Trinajstić information content (AvgIpc) is 3.30. The number of carbonyl (C=O) groups is 1. The fourth-order valence-electron chi connectivity index (χ4n) is 3.18. The second-order valence-electron chi connectivity index (χ2n) is 7.52. The first-order chi connectivity index (χ1) is 13.8. The van der Waals surface area contributed by atoms with Crippen molar-refractivity contribution in [3.63, 3.8) is 0 Å². The highest BCUT2D eigenvalue weighted by Crippen LogP contribution is 2.37. The highest BCUT2D eigenvalue weighted by molar-refractivity contribution is 7.16. The average molecular weight is 451 g/mol. The molecule has 3 rings (SSSR count). The van der Waals surface area contributed by atoms with Crippen LogP contribution in [-0.2, 0) is 11.2 Å². The van der Waals surface area contributed by atoms with Gasteiger partial charge in [0.1, 0.15) is 0 Å². The van der Waals surface area contributed by atoms with Crippen molar-refractivity contribution >= 4 is 45.6 Å². The molecule has 0 saturated carbocycles. The lowest BCUT2D eigenvalue weighted by atomic mass is 10.0. The van der Waals surface area contributed by atoms with Crippen LogP contribution in [0.15, 0.2) is 42.0 Å². The molecule has 1 aromatic heterocycles. The molecule has 0 unspecified atom stereocenters. The zero-order valence-corrected chi connectivity index (χ0v) is 18.8. The summed E-state index contributed by atoms with van der Waals surface area (Å²) in [6, 6.07) is 5.56. The number of carboxylic acids is 1. The number of thiazole rings is 1. The number of allylic oxidation sites excluding steroid dienone is 3. The van der Waals surface area contributed by atoms with Crippen molar-refractivity contribution < 1.29 is 9.90 Å². The Hall–Kier alpha value is -1.82. The molecule has 0 amide bonds. The molecule has 154 valence electrons. The fourth-order valence-corrected chi connectivity index (χ4v) is 4.80. The molecule has 1 aliphatic carbocycles. The highest BCUT2D eigenvalue weighted by atomic mass is 35.5. The third-order valence-corrected chi connectivity index (χ3v) is 6.46. The van der Waals surface area contributed by atoms with Gasteiger partial charge in [0.2, 0.25) is 0 Å². The van der Waals surface area contributed by atoms with E-state index in [0.717, 1.165) is 29.2 Å². The topological polar surface area (TPSA) is 53.4 Å². The van der Waals surface area contributed by atoms with E-state index >= 15 is 0 Å². The number of halogens is 2. The number of aliphatic carboxylic acids is 1. The predicted octanol–water partition coefficient (Wildman–Crippen LogP) is 6.48. The van der Waals surface area contributed by atoms with Gasteiger partial charge in [0.05, 0.1) is 22.2 Å². The normalized spacial score (nSPS) is 13.2. The van der Waals surface area contributed by atoms with E-state index in [1.54, 1.807) is 17.4 Å². The smallest absolute Gasteiger partial charge is 0.305 e. The first-order valence-corrected chi connectivity index (χ1v) is 11.2. The number of carboxylic acid groups (broad SMARTS) is 1. The number of anilines is 1. The molecular formula is C22H24Cl2N2O2S. The van der Waals surface area contributed by atoms with Crippen molar-refractivity contribution in [3.05, 3.63) is 56.9 Å². The Bertz CT molecular complexity index is 950. The van der Waals surface area contributed by atoms with Crippen LogP contribution in [0, 0.1) is 5.92 Å².